The van der Waals surface area contributed by atoms with E-state index in [1.165, 1.54) is 19.3 Å². The summed E-state index contributed by atoms with van der Waals surface area (Å²) in [6, 6.07) is 0. The van der Waals surface area contributed by atoms with E-state index in [0.717, 1.165) is 23.7 Å². The first-order chi connectivity index (χ1) is 5.16. The molecule has 1 fully saturated rings. The maximum absolute atomic E-state index is 2.42. The van der Waals surface area contributed by atoms with Crippen molar-refractivity contribution in [2.75, 3.05) is 0 Å². The molecule has 0 aromatic heterocycles. The summed E-state index contributed by atoms with van der Waals surface area (Å²) in [5, 5.41) is 0. The molecule has 1 saturated carbocycles. The van der Waals surface area contributed by atoms with Gasteiger partial charge in [0.25, 0.3) is 0 Å². The Morgan fingerprint density at radius 1 is 1.18 bits per heavy atom. The standard InChI is InChI=1S/C11H22/c1-5-6-10-9(4)11(10)7-8(2)3/h8-11H,5-7H2,1-4H3. The summed E-state index contributed by atoms with van der Waals surface area (Å²) in [4.78, 5) is 0. The van der Waals surface area contributed by atoms with Gasteiger partial charge in [-0.1, -0.05) is 40.5 Å². The van der Waals surface area contributed by atoms with Crippen LogP contribution in [0.25, 0.3) is 0 Å². The molecule has 0 heterocycles. The lowest BCUT2D eigenvalue weighted by molar-refractivity contribution is 0.496. The predicted molar refractivity (Wildman–Crippen MR) is 50.5 cm³/mol. The molecule has 1 aliphatic rings. The summed E-state index contributed by atoms with van der Waals surface area (Å²) < 4.78 is 0. The normalized spacial score (nSPS) is 36.3. The topological polar surface area (TPSA) is 0 Å². The van der Waals surface area contributed by atoms with Gasteiger partial charge in [-0.2, -0.15) is 0 Å². The smallest absolute Gasteiger partial charge is 0.0352 e. The van der Waals surface area contributed by atoms with Crippen LogP contribution in [0, 0.1) is 23.7 Å². The molecule has 0 bridgehead atoms. The predicted octanol–water partition coefficient (Wildman–Crippen LogP) is 3.71. The van der Waals surface area contributed by atoms with Crippen molar-refractivity contribution in [1.29, 1.82) is 0 Å². The van der Waals surface area contributed by atoms with Crippen molar-refractivity contribution in [2.45, 2.75) is 47.0 Å². The van der Waals surface area contributed by atoms with E-state index >= 15 is 0 Å². The van der Waals surface area contributed by atoms with Crippen molar-refractivity contribution in [3.8, 4) is 0 Å². The van der Waals surface area contributed by atoms with Crippen LogP contribution < -0.4 is 0 Å². The van der Waals surface area contributed by atoms with Crippen molar-refractivity contribution >= 4 is 0 Å². The third-order valence-corrected chi connectivity index (χ3v) is 3.13. The van der Waals surface area contributed by atoms with Crippen LogP contribution in [-0.2, 0) is 0 Å². The summed E-state index contributed by atoms with van der Waals surface area (Å²) in [7, 11) is 0. The van der Waals surface area contributed by atoms with Gasteiger partial charge < -0.3 is 0 Å². The summed E-state index contributed by atoms with van der Waals surface area (Å²) in [5.41, 5.74) is 0. The second-order valence-corrected chi connectivity index (χ2v) is 4.61. The molecule has 11 heavy (non-hydrogen) atoms. The molecule has 3 atom stereocenters. The van der Waals surface area contributed by atoms with Crippen LogP contribution in [-0.4, -0.2) is 0 Å². The van der Waals surface area contributed by atoms with Gasteiger partial charge in [0.05, 0.1) is 0 Å². The van der Waals surface area contributed by atoms with E-state index in [-0.39, 0.29) is 0 Å². The van der Waals surface area contributed by atoms with E-state index < -0.39 is 0 Å². The second-order valence-electron chi connectivity index (χ2n) is 4.61. The molecule has 0 nitrogen and oxygen atoms in total. The monoisotopic (exact) mass is 154 g/mol. The Morgan fingerprint density at radius 3 is 2.27 bits per heavy atom. The van der Waals surface area contributed by atoms with Crippen LogP contribution in [0.1, 0.15) is 47.0 Å². The fraction of sp³-hybridized carbons (Fsp3) is 1.00. The quantitative estimate of drug-likeness (QED) is 0.579. The van der Waals surface area contributed by atoms with E-state index in [0.29, 0.717) is 0 Å². The van der Waals surface area contributed by atoms with Gasteiger partial charge in [-0.05, 0) is 30.1 Å². The van der Waals surface area contributed by atoms with Crippen LogP contribution in [0.15, 0.2) is 0 Å². The molecular formula is C11H22. The van der Waals surface area contributed by atoms with Gasteiger partial charge in [0.1, 0.15) is 0 Å². The Kier molecular flexibility index (Phi) is 2.98. The third kappa shape index (κ3) is 2.21. The molecule has 0 aromatic rings. The molecule has 0 amide bonds. The lowest BCUT2D eigenvalue weighted by Gasteiger charge is -2.01. The van der Waals surface area contributed by atoms with Crippen molar-refractivity contribution in [3.63, 3.8) is 0 Å². The Bertz CT molecular complexity index is 115. The Balaban J connectivity index is 2.19. The minimum Gasteiger partial charge on any atom is -0.0654 e. The average Bonchev–Trinajstić information content (AvgIpc) is 2.45. The molecule has 0 aliphatic heterocycles. The highest BCUT2D eigenvalue weighted by molar-refractivity contribution is 4.93. The van der Waals surface area contributed by atoms with E-state index in [9.17, 15) is 0 Å². The third-order valence-electron chi connectivity index (χ3n) is 3.13. The SMILES string of the molecule is CCCC1C(C)C1CC(C)C. The highest BCUT2D eigenvalue weighted by Gasteiger charge is 2.44. The van der Waals surface area contributed by atoms with E-state index in [1.54, 1.807) is 0 Å². The molecule has 0 saturated heterocycles. The van der Waals surface area contributed by atoms with E-state index in [4.69, 9.17) is 0 Å². The minimum absolute atomic E-state index is 0.907. The van der Waals surface area contributed by atoms with Crippen molar-refractivity contribution in [1.82, 2.24) is 0 Å². The first-order valence-corrected chi connectivity index (χ1v) is 5.16. The zero-order valence-corrected chi connectivity index (χ0v) is 8.43. The molecule has 0 heteroatoms. The van der Waals surface area contributed by atoms with Crippen molar-refractivity contribution in [3.05, 3.63) is 0 Å². The zero-order valence-electron chi connectivity index (χ0n) is 8.43. The lowest BCUT2D eigenvalue weighted by atomic mass is 10.0. The number of rotatable bonds is 4. The largest absolute Gasteiger partial charge is 0.0654 e. The average molecular weight is 154 g/mol. The van der Waals surface area contributed by atoms with Gasteiger partial charge in [-0.3, -0.25) is 0 Å². The van der Waals surface area contributed by atoms with Gasteiger partial charge in [0.15, 0.2) is 0 Å². The molecule has 1 aliphatic carbocycles. The van der Waals surface area contributed by atoms with Gasteiger partial charge in [-0.25, -0.2) is 0 Å². The molecule has 0 radical (unpaired) electrons. The summed E-state index contributed by atoms with van der Waals surface area (Å²) in [6.45, 7) is 9.41. The zero-order chi connectivity index (χ0) is 8.43. The van der Waals surface area contributed by atoms with E-state index in [1.807, 2.05) is 0 Å². The summed E-state index contributed by atoms with van der Waals surface area (Å²) >= 11 is 0. The highest BCUT2D eigenvalue weighted by Crippen LogP contribution is 2.51. The summed E-state index contributed by atoms with van der Waals surface area (Å²) in [6.07, 6.45) is 4.31. The molecule has 0 spiro atoms. The summed E-state index contributed by atoms with van der Waals surface area (Å²) in [5.74, 6) is 4.11. The van der Waals surface area contributed by atoms with Gasteiger partial charge in [0, 0.05) is 0 Å². The lowest BCUT2D eigenvalue weighted by Crippen LogP contribution is -1.91. The maximum atomic E-state index is 2.42. The van der Waals surface area contributed by atoms with Crippen LogP contribution >= 0.6 is 0 Å². The minimum atomic E-state index is 0.907. The molecule has 66 valence electrons. The molecular weight excluding hydrogens is 132 g/mol. The Hall–Kier alpha value is 0. The fourth-order valence-electron chi connectivity index (χ4n) is 2.38. The van der Waals surface area contributed by atoms with Crippen LogP contribution in [0.4, 0.5) is 0 Å². The first-order valence-electron chi connectivity index (χ1n) is 5.16. The van der Waals surface area contributed by atoms with Crippen LogP contribution in [0.2, 0.25) is 0 Å². The molecule has 3 unspecified atom stereocenters. The van der Waals surface area contributed by atoms with Gasteiger partial charge in [0.2, 0.25) is 0 Å². The van der Waals surface area contributed by atoms with Gasteiger partial charge >= 0.3 is 0 Å². The Labute approximate surface area is 71.4 Å². The fourth-order valence-corrected chi connectivity index (χ4v) is 2.38. The highest BCUT2D eigenvalue weighted by atomic mass is 14.5. The molecule has 0 aromatic carbocycles. The second kappa shape index (κ2) is 3.60. The van der Waals surface area contributed by atoms with Crippen molar-refractivity contribution in [2.24, 2.45) is 23.7 Å². The number of hydrogen-bond donors (Lipinski definition) is 0. The Morgan fingerprint density at radius 2 is 1.82 bits per heavy atom. The van der Waals surface area contributed by atoms with Crippen LogP contribution in [0.3, 0.4) is 0 Å². The molecule has 1 rings (SSSR count). The van der Waals surface area contributed by atoms with E-state index in [2.05, 4.69) is 27.7 Å². The van der Waals surface area contributed by atoms with Crippen molar-refractivity contribution < 1.29 is 0 Å². The maximum Gasteiger partial charge on any atom is -0.0352 e. The first kappa shape index (κ1) is 9.09. The number of hydrogen-bond acceptors (Lipinski definition) is 0. The van der Waals surface area contributed by atoms with Gasteiger partial charge in [-0.15, -0.1) is 0 Å². The van der Waals surface area contributed by atoms with Crippen LogP contribution in [0.5, 0.6) is 0 Å². The molecule has 0 N–H and O–H groups in total.